The Morgan fingerprint density at radius 1 is 1.36 bits per heavy atom. The van der Waals surface area contributed by atoms with Gasteiger partial charge < -0.3 is 5.32 Å². The first-order chi connectivity index (χ1) is 10.3. The molecule has 0 fully saturated rings. The number of hydrogen-bond donors (Lipinski definition) is 2. The number of carbonyl (C=O) groups excluding carboxylic acids is 1. The van der Waals surface area contributed by atoms with Crippen molar-refractivity contribution in [2.75, 3.05) is 6.26 Å². The lowest BCUT2D eigenvalue weighted by molar-refractivity contribution is -0.122. The van der Waals surface area contributed by atoms with Gasteiger partial charge in [-0.3, -0.25) is 4.79 Å². The van der Waals surface area contributed by atoms with Crippen molar-refractivity contribution in [2.45, 2.75) is 19.5 Å². The Morgan fingerprint density at radius 2 is 2.05 bits per heavy atom. The lowest BCUT2D eigenvalue weighted by Crippen LogP contribution is -2.44. The van der Waals surface area contributed by atoms with Gasteiger partial charge in [-0.1, -0.05) is 0 Å². The van der Waals surface area contributed by atoms with Crippen molar-refractivity contribution in [3.8, 4) is 10.8 Å². The van der Waals surface area contributed by atoms with E-state index in [4.69, 9.17) is 0 Å². The monoisotopic (exact) mass is 341 g/mol. The van der Waals surface area contributed by atoms with Gasteiger partial charge in [0.25, 0.3) is 0 Å². The second kappa shape index (κ2) is 6.90. The fraction of sp³-hybridized carbons (Fsp3) is 0.333. The molecule has 2 heterocycles. The van der Waals surface area contributed by atoms with Gasteiger partial charge >= 0.3 is 0 Å². The van der Waals surface area contributed by atoms with Crippen molar-refractivity contribution in [2.24, 2.45) is 0 Å². The van der Waals surface area contributed by atoms with Gasteiger partial charge in [-0.05, 0) is 13.0 Å². The SMILES string of the molecule is C[C@@H](NS(C)(=O)=O)C(=O)NCc1csc(-c2ncccn2)n1. The first kappa shape index (κ1) is 16.5. The largest absolute Gasteiger partial charge is 0.349 e. The third-order valence-corrected chi connectivity index (χ3v) is 4.21. The molecule has 0 bridgehead atoms. The molecular weight excluding hydrogens is 326 g/mol. The third-order valence-electron chi connectivity index (χ3n) is 2.54. The molecule has 0 aliphatic heterocycles. The fourth-order valence-corrected chi connectivity index (χ4v) is 3.12. The van der Waals surface area contributed by atoms with Crippen LogP contribution < -0.4 is 10.0 Å². The molecule has 2 rings (SSSR count). The molecule has 0 saturated carbocycles. The average molecular weight is 341 g/mol. The second-order valence-corrected chi connectivity index (χ2v) is 7.18. The van der Waals surface area contributed by atoms with Crippen LogP contribution in [0.15, 0.2) is 23.8 Å². The summed E-state index contributed by atoms with van der Waals surface area (Å²) in [5.41, 5.74) is 0.660. The number of sulfonamides is 1. The first-order valence-corrected chi connectivity index (χ1v) is 9.09. The van der Waals surface area contributed by atoms with Crippen LogP contribution >= 0.6 is 11.3 Å². The lowest BCUT2D eigenvalue weighted by atomic mass is 10.3. The summed E-state index contributed by atoms with van der Waals surface area (Å²) >= 11 is 1.37. The van der Waals surface area contributed by atoms with Gasteiger partial charge in [0, 0.05) is 17.8 Å². The Labute approximate surface area is 132 Å². The molecule has 0 aromatic carbocycles. The van der Waals surface area contributed by atoms with E-state index in [1.165, 1.54) is 18.3 Å². The van der Waals surface area contributed by atoms with Gasteiger partial charge in [-0.2, -0.15) is 0 Å². The smallest absolute Gasteiger partial charge is 0.238 e. The topological polar surface area (TPSA) is 114 Å². The number of rotatable bonds is 6. The minimum atomic E-state index is -3.42. The molecule has 118 valence electrons. The van der Waals surface area contributed by atoms with Gasteiger partial charge in [-0.25, -0.2) is 28.1 Å². The summed E-state index contributed by atoms with van der Waals surface area (Å²) in [5.74, 6) is 0.105. The summed E-state index contributed by atoms with van der Waals surface area (Å²) in [6.45, 7) is 1.68. The number of aromatic nitrogens is 3. The molecule has 0 spiro atoms. The number of hydrogen-bond acceptors (Lipinski definition) is 7. The molecule has 2 aromatic rings. The Bertz CT molecular complexity index is 745. The highest BCUT2D eigenvalue weighted by atomic mass is 32.2. The van der Waals surface area contributed by atoms with Crippen LogP contribution in [-0.4, -0.2) is 41.6 Å². The fourth-order valence-electron chi connectivity index (χ4n) is 1.61. The van der Waals surface area contributed by atoms with E-state index in [1.807, 2.05) is 0 Å². The van der Waals surface area contributed by atoms with E-state index in [0.717, 1.165) is 6.26 Å². The molecule has 8 nitrogen and oxygen atoms in total. The Hall–Kier alpha value is -1.91. The van der Waals surface area contributed by atoms with E-state index in [-0.39, 0.29) is 6.54 Å². The predicted octanol–water partition coefficient (Wildman–Crippen LogP) is 0.154. The van der Waals surface area contributed by atoms with Crippen LogP contribution in [0.2, 0.25) is 0 Å². The van der Waals surface area contributed by atoms with Crippen LogP contribution in [0.1, 0.15) is 12.6 Å². The molecule has 0 unspecified atom stereocenters. The van der Waals surface area contributed by atoms with E-state index < -0.39 is 22.0 Å². The van der Waals surface area contributed by atoms with Gasteiger partial charge in [0.1, 0.15) is 0 Å². The Balaban J connectivity index is 1.93. The van der Waals surface area contributed by atoms with Crippen LogP contribution in [0, 0.1) is 0 Å². The normalized spacial score (nSPS) is 12.8. The summed E-state index contributed by atoms with van der Waals surface area (Å²) in [6.07, 6.45) is 4.26. The Morgan fingerprint density at radius 3 is 2.68 bits per heavy atom. The summed E-state index contributed by atoms with van der Waals surface area (Å²) < 4.78 is 24.3. The highest BCUT2D eigenvalue weighted by molar-refractivity contribution is 7.88. The molecular formula is C12H15N5O3S2. The van der Waals surface area contributed by atoms with Crippen molar-refractivity contribution < 1.29 is 13.2 Å². The molecule has 0 aliphatic carbocycles. The molecule has 1 atom stereocenters. The number of amides is 1. The minimum absolute atomic E-state index is 0.206. The average Bonchev–Trinajstić information content (AvgIpc) is 2.92. The van der Waals surface area contributed by atoms with Crippen LogP contribution in [0.3, 0.4) is 0 Å². The van der Waals surface area contributed by atoms with E-state index in [9.17, 15) is 13.2 Å². The van der Waals surface area contributed by atoms with Gasteiger partial charge in [0.05, 0.1) is 24.5 Å². The Kier molecular flexibility index (Phi) is 5.16. The van der Waals surface area contributed by atoms with Crippen molar-refractivity contribution in [3.63, 3.8) is 0 Å². The molecule has 10 heteroatoms. The van der Waals surface area contributed by atoms with Crippen LogP contribution in [-0.2, 0) is 21.4 Å². The maximum atomic E-state index is 11.8. The summed E-state index contributed by atoms with van der Waals surface area (Å²) in [4.78, 5) is 24.3. The zero-order valence-corrected chi connectivity index (χ0v) is 13.6. The number of thiazole rings is 1. The van der Waals surface area contributed by atoms with Crippen molar-refractivity contribution >= 4 is 27.3 Å². The van der Waals surface area contributed by atoms with Gasteiger partial charge in [0.2, 0.25) is 15.9 Å². The first-order valence-electron chi connectivity index (χ1n) is 6.32. The standard InChI is InChI=1S/C12H15N5O3S2/c1-8(17-22(2,19)20)11(18)15-6-9-7-21-12(16-9)10-13-4-3-5-14-10/h3-5,7-8,17H,6H2,1-2H3,(H,15,18)/t8-/m1/s1. The molecule has 22 heavy (non-hydrogen) atoms. The van der Waals surface area contributed by atoms with Crippen molar-refractivity contribution in [3.05, 3.63) is 29.5 Å². The van der Waals surface area contributed by atoms with Crippen molar-refractivity contribution in [1.82, 2.24) is 25.0 Å². The molecule has 0 aliphatic rings. The van der Waals surface area contributed by atoms with E-state index in [0.29, 0.717) is 16.5 Å². The van der Waals surface area contributed by atoms with E-state index in [2.05, 4.69) is 25.0 Å². The number of nitrogens with zero attached hydrogens (tertiary/aromatic N) is 3. The number of nitrogens with one attached hydrogen (secondary N) is 2. The molecule has 1 amide bonds. The molecule has 0 radical (unpaired) electrons. The number of carbonyl (C=O) groups is 1. The molecule has 2 N–H and O–H groups in total. The third kappa shape index (κ3) is 4.83. The quantitative estimate of drug-likeness (QED) is 0.773. The highest BCUT2D eigenvalue weighted by Gasteiger charge is 2.17. The second-order valence-electron chi connectivity index (χ2n) is 4.55. The van der Waals surface area contributed by atoms with Gasteiger partial charge in [0.15, 0.2) is 10.8 Å². The minimum Gasteiger partial charge on any atom is -0.349 e. The van der Waals surface area contributed by atoms with Crippen LogP contribution in [0.5, 0.6) is 0 Å². The molecule has 2 aromatic heterocycles. The zero-order valence-electron chi connectivity index (χ0n) is 12.0. The maximum Gasteiger partial charge on any atom is 0.238 e. The van der Waals surface area contributed by atoms with Gasteiger partial charge in [-0.15, -0.1) is 11.3 Å². The van der Waals surface area contributed by atoms with Crippen LogP contribution in [0.4, 0.5) is 0 Å². The van der Waals surface area contributed by atoms with Crippen LogP contribution in [0.25, 0.3) is 10.8 Å². The summed E-state index contributed by atoms with van der Waals surface area (Å²) in [5, 5.41) is 5.08. The van der Waals surface area contributed by atoms with Crippen molar-refractivity contribution in [1.29, 1.82) is 0 Å². The maximum absolute atomic E-state index is 11.8. The van der Waals surface area contributed by atoms with E-state index >= 15 is 0 Å². The molecule has 0 saturated heterocycles. The summed E-state index contributed by atoms with van der Waals surface area (Å²) in [7, 11) is -3.42. The predicted molar refractivity (Wildman–Crippen MR) is 82.4 cm³/mol. The van der Waals surface area contributed by atoms with E-state index in [1.54, 1.807) is 23.8 Å². The zero-order chi connectivity index (χ0) is 16.2. The highest BCUT2D eigenvalue weighted by Crippen LogP contribution is 2.19. The summed E-state index contributed by atoms with van der Waals surface area (Å²) in [6, 6.07) is 0.875. The lowest BCUT2D eigenvalue weighted by Gasteiger charge is -2.11.